The Morgan fingerprint density at radius 2 is 1.55 bits per heavy atom. The number of allylic oxidation sites excluding steroid dienone is 5. The summed E-state index contributed by atoms with van der Waals surface area (Å²) in [7, 11) is 0. The summed E-state index contributed by atoms with van der Waals surface area (Å²) in [6, 6.07) is 28.6. The third kappa shape index (κ3) is 3.35. The molecule has 2 aliphatic carbocycles. The zero-order chi connectivity index (χ0) is 25.1. The predicted molar refractivity (Wildman–Crippen MR) is 163 cm³/mol. The number of pyridine rings is 1. The van der Waals surface area contributed by atoms with E-state index in [1.54, 1.807) is 0 Å². The van der Waals surface area contributed by atoms with E-state index in [4.69, 9.17) is 4.98 Å². The Bertz CT molecular complexity index is 1960. The third-order valence-electron chi connectivity index (χ3n) is 7.89. The molecule has 38 heavy (non-hydrogen) atoms. The van der Waals surface area contributed by atoms with Crippen molar-refractivity contribution in [3.8, 4) is 17.1 Å². The molecule has 0 saturated carbocycles. The number of rotatable bonds is 3. The lowest BCUT2D eigenvalue weighted by atomic mass is 9.98. The molecular weight excluding hydrogens is 480 g/mol. The van der Waals surface area contributed by atoms with E-state index >= 15 is 0 Å². The quantitative estimate of drug-likeness (QED) is 0.234. The molecule has 0 aliphatic heterocycles. The SMILES string of the molecule is C1=CC(c2cc(-c3ccccc3)nc(-n3c4c(c5ccc6c7ccccc7sc6c53)C=CCC4)c2)=CCC1. The van der Waals surface area contributed by atoms with Crippen LogP contribution in [0.15, 0.2) is 103 Å². The van der Waals surface area contributed by atoms with Gasteiger partial charge in [0.1, 0.15) is 5.82 Å². The molecule has 0 fully saturated rings. The van der Waals surface area contributed by atoms with Gasteiger partial charge in [-0.05, 0) is 55.0 Å². The average Bonchev–Trinajstić information content (AvgIpc) is 3.54. The van der Waals surface area contributed by atoms with Gasteiger partial charge in [-0.2, -0.15) is 0 Å². The van der Waals surface area contributed by atoms with E-state index in [9.17, 15) is 0 Å². The fourth-order valence-electron chi connectivity index (χ4n) is 6.11. The van der Waals surface area contributed by atoms with Crippen LogP contribution in [0.2, 0.25) is 0 Å². The lowest BCUT2D eigenvalue weighted by Crippen LogP contribution is -2.06. The van der Waals surface area contributed by atoms with E-state index in [-0.39, 0.29) is 0 Å². The van der Waals surface area contributed by atoms with Crippen molar-refractivity contribution in [3.05, 3.63) is 120 Å². The van der Waals surface area contributed by atoms with Crippen molar-refractivity contribution in [2.75, 3.05) is 0 Å². The first-order valence-electron chi connectivity index (χ1n) is 13.4. The van der Waals surface area contributed by atoms with E-state index in [0.717, 1.165) is 42.8 Å². The van der Waals surface area contributed by atoms with Gasteiger partial charge in [0.05, 0.1) is 15.9 Å². The van der Waals surface area contributed by atoms with Gasteiger partial charge in [0.25, 0.3) is 0 Å². The highest BCUT2D eigenvalue weighted by Crippen LogP contribution is 2.43. The molecule has 0 bridgehead atoms. The van der Waals surface area contributed by atoms with Crippen LogP contribution >= 0.6 is 11.3 Å². The monoisotopic (exact) mass is 506 g/mol. The second-order valence-corrected chi connectivity index (χ2v) is 11.2. The minimum Gasteiger partial charge on any atom is -0.296 e. The van der Waals surface area contributed by atoms with Crippen molar-refractivity contribution in [1.82, 2.24) is 9.55 Å². The number of thiophene rings is 1. The maximum Gasteiger partial charge on any atom is 0.138 e. The molecule has 0 unspecified atom stereocenters. The van der Waals surface area contributed by atoms with Gasteiger partial charge in [0, 0.05) is 37.7 Å². The summed E-state index contributed by atoms with van der Waals surface area (Å²) in [5, 5.41) is 3.98. The van der Waals surface area contributed by atoms with Crippen LogP contribution in [0.4, 0.5) is 0 Å². The van der Waals surface area contributed by atoms with Crippen molar-refractivity contribution < 1.29 is 0 Å². The Morgan fingerprint density at radius 3 is 2.45 bits per heavy atom. The summed E-state index contributed by atoms with van der Waals surface area (Å²) in [6.07, 6.45) is 15.8. The second-order valence-electron chi connectivity index (χ2n) is 10.2. The van der Waals surface area contributed by atoms with E-state index in [1.807, 2.05) is 11.3 Å². The molecule has 0 amide bonds. The lowest BCUT2D eigenvalue weighted by Gasteiger charge is -2.17. The third-order valence-corrected chi connectivity index (χ3v) is 9.08. The zero-order valence-corrected chi connectivity index (χ0v) is 21.8. The molecule has 3 heteroatoms. The van der Waals surface area contributed by atoms with Crippen LogP contribution in [0.25, 0.3) is 59.8 Å². The van der Waals surface area contributed by atoms with Crippen molar-refractivity contribution >= 4 is 54.1 Å². The fraction of sp³-hybridized carbons (Fsp3) is 0.114. The summed E-state index contributed by atoms with van der Waals surface area (Å²) < 4.78 is 5.16. The summed E-state index contributed by atoms with van der Waals surface area (Å²) in [4.78, 5) is 5.35. The molecule has 182 valence electrons. The standard InChI is InChI=1S/C35H26N2S/c1-3-11-23(12-4-1)25-21-30(24-13-5-2-6-14-24)36-33(22-25)37-31-17-9-7-15-26(31)28-19-20-29-27-16-8-10-18-32(27)38-35(29)34(28)37/h2-3,5-8,10-16,18-22H,1,4,9,17H2. The first-order valence-corrected chi connectivity index (χ1v) is 14.3. The first kappa shape index (κ1) is 21.8. The number of hydrogen-bond donors (Lipinski definition) is 0. The molecule has 2 aliphatic rings. The normalized spacial score (nSPS) is 14.9. The number of hydrogen-bond acceptors (Lipinski definition) is 2. The van der Waals surface area contributed by atoms with Gasteiger partial charge >= 0.3 is 0 Å². The summed E-state index contributed by atoms with van der Waals surface area (Å²) in [5.41, 5.74) is 8.68. The summed E-state index contributed by atoms with van der Waals surface area (Å²) in [6.45, 7) is 0. The van der Waals surface area contributed by atoms with Crippen molar-refractivity contribution in [1.29, 1.82) is 0 Å². The van der Waals surface area contributed by atoms with Crippen molar-refractivity contribution in [2.24, 2.45) is 0 Å². The van der Waals surface area contributed by atoms with Crippen molar-refractivity contribution in [2.45, 2.75) is 25.7 Å². The fourth-order valence-corrected chi connectivity index (χ4v) is 7.35. The highest BCUT2D eigenvalue weighted by Gasteiger charge is 2.23. The van der Waals surface area contributed by atoms with Crippen LogP contribution in [-0.4, -0.2) is 9.55 Å². The maximum absolute atomic E-state index is 5.35. The van der Waals surface area contributed by atoms with Crippen molar-refractivity contribution in [3.63, 3.8) is 0 Å². The largest absolute Gasteiger partial charge is 0.296 e. The number of fused-ring (bicyclic) bond motifs is 7. The first-order chi connectivity index (χ1) is 18.8. The van der Waals surface area contributed by atoms with Gasteiger partial charge in [-0.25, -0.2) is 4.98 Å². The van der Waals surface area contributed by atoms with Gasteiger partial charge in [-0.15, -0.1) is 11.3 Å². The molecule has 0 radical (unpaired) electrons. The van der Waals surface area contributed by atoms with E-state index in [0.29, 0.717) is 0 Å². The minimum absolute atomic E-state index is 1.01. The van der Waals surface area contributed by atoms with Gasteiger partial charge in [-0.1, -0.05) is 91.0 Å². The molecule has 3 aromatic carbocycles. The van der Waals surface area contributed by atoms with Gasteiger partial charge < -0.3 is 0 Å². The second kappa shape index (κ2) is 8.68. The molecule has 0 saturated heterocycles. The molecular formula is C35H26N2S. The lowest BCUT2D eigenvalue weighted by molar-refractivity contribution is 0.873. The van der Waals surface area contributed by atoms with Crippen LogP contribution < -0.4 is 0 Å². The summed E-state index contributed by atoms with van der Waals surface area (Å²) in [5.74, 6) is 1.01. The van der Waals surface area contributed by atoms with Crippen LogP contribution in [0.5, 0.6) is 0 Å². The number of aromatic nitrogens is 2. The highest BCUT2D eigenvalue weighted by molar-refractivity contribution is 7.26. The zero-order valence-electron chi connectivity index (χ0n) is 21.0. The summed E-state index contributed by atoms with van der Waals surface area (Å²) >= 11 is 1.90. The molecule has 3 heterocycles. The Kier molecular flexibility index (Phi) is 4.99. The Balaban J connectivity index is 1.49. The van der Waals surface area contributed by atoms with Gasteiger partial charge in [-0.3, -0.25) is 4.57 Å². The van der Waals surface area contributed by atoms with Crippen LogP contribution in [0.3, 0.4) is 0 Å². The molecule has 8 rings (SSSR count). The van der Waals surface area contributed by atoms with E-state index < -0.39 is 0 Å². The van der Waals surface area contributed by atoms with Gasteiger partial charge in [0.15, 0.2) is 0 Å². The average molecular weight is 507 g/mol. The molecule has 3 aromatic heterocycles. The molecule has 2 nitrogen and oxygen atoms in total. The van der Waals surface area contributed by atoms with Crippen LogP contribution in [0, 0.1) is 0 Å². The maximum atomic E-state index is 5.35. The van der Waals surface area contributed by atoms with Crippen LogP contribution in [-0.2, 0) is 6.42 Å². The van der Waals surface area contributed by atoms with E-state index in [2.05, 4.69) is 114 Å². The number of nitrogens with zero attached hydrogens (tertiary/aromatic N) is 2. The Morgan fingerprint density at radius 1 is 0.711 bits per heavy atom. The number of benzene rings is 3. The molecule has 0 spiro atoms. The predicted octanol–water partition coefficient (Wildman–Crippen LogP) is 9.75. The molecule has 0 atom stereocenters. The van der Waals surface area contributed by atoms with Crippen LogP contribution in [0.1, 0.15) is 36.1 Å². The Hall–Kier alpha value is -4.21. The molecule has 6 aromatic rings. The van der Waals surface area contributed by atoms with E-state index in [1.165, 1.54) is 53.5 Å². The Labute approximate surface area is 225 Å². The smallest absolute Gasteiger partial charge is 0.138 e. The minimum atomic E-state index is 1.01. The van der Waals surface area contributed by atoms with Gasteiger partial charge in [0.2, 0.25) is 0 Å². The topological polar surface area (TPSA) is 17.8 Å². The molecule has 0 N–H and O–H groups in total. The highest BCUT2D eigenvalue weighted by atomic mass is 32.1.